The number of nitrogens with zero attached hydrogens (tertiary/aromatic N) is 2. The lowest BCUT2D eigenvalue weighted by Gasteiger charge is -2.10. The van der Waals surface area contributed by atoms with Gasteiger partial charge in [-0.15, -0.1) is 0 Å². The molecule has 1 aromatic heterocycles. The highest BCUT2D eigenvalue weighted by atomic mass is 32.2. The Morgan fingerprint density at radius 3 is 2.40 bits per heavy atom. The van der Waals surface area contributed by atoms with Crippen molar-refractivity contribution in [1.82, 2.24) is 9.47 Å². The van der Waals surface area contributed by atoms with Crippen LogP contribution >= 0.6 is 11.8 Å². The van der Waals surface area contributed by atoms with Crippen LogP contribution in [0.25, 0.3) is 11.8 Å². The topological polar surface area (TPSA) is 42.3 Å². The largest absolute Gasteiger partial charge is 0.318 e. The number of carbonyl (C=O) groups is 2. The van der Waals surface area contributed by atoms with Gasteiger partial charge in [-0.1, -0.05) is 24.6 Å². The fourth-order valence-electron chi connectivity index (χ4n) is 3.08. The number of aromatic nitrogens is 1. The van der Waals surface area contributed by atoms with Crippen molar-refractivity contribution in [2.75, 3.05) is 6.54 Å². The van der Waals surface area contributed by atoms with Crippen molar-refractivity contribution in [1.29, 1.82) is 0 Å². The van der Waals surface area contributed by atoms with Gasteiger partial charge in [0.2, 0.25) is 0 Å². The van der Waals surface area contributed by atoms with E-state index in [9.17, 15) is 9.59 Å². The zero-order chi connectivity index (χ0) is 18.1. The Labute approximate surface area is 152 Å². The molecule has 1 aliphatic heterocycles. The monoisotopic (exact) mass is 354 g/mol. The molecule has 4 nitrogen and oxygen atoms in total. The number of carbonyl (C=O) groups excluding carboxylic acids is 2. The highest BCUT2D eigenvalue weighted by Crippen LogP contribution is 2.33. The summed E-state index contributed by atoms with van der Waals surface area (Å²) in [6.45, 7) is 8.59. The Balaban J connectivity index is 1.97. The molecule has 130 valence electrons. The van der Waals surface area contributed by atoms with Crippen molar-refractivity contribution in [2.45, 2.75) is 34.1 Å². The molecule has 3 rings (SSSR count). The predicted molar refractivity (Wildman–Crippen MR) is 103 cm³/mol. The third-order valence-corrected chi connectivity index (χ3v) is 5.28. The van der Waals surface area contributed by atoms with Gasteiger partial charge in [0.1, 0.15) is 0 Å². The van der Waals surface area contributed by atoms with Crippen LogP contribution in [0.5, 0.6) is 0 Å². The van der Waals surface area contributed by atoms with Gasteiger partial charge < -0.3 is 4.57 Å². The molecule has 0 N–H and O–H groups in total. The Morgan fingerprint density at radius 1 is 1.08 bits per heavy atom. The average molecular weight is 354 g/mol. The van der Waals surface area contributed by atoms with E-state index in [0.717, 1.165) is 40.8 Å². The summed E-state index contributed by atoms with van der Waals surface area (Å²) < 4.78 is 2.17. The Kier molecular flexibility index (Phi) is 4.86. The lowest BCUT2D eigenvalue weighted by Crippen LogP contribution is -2.28. The SMILES string of the molecule is CCCN1C(=O)S/C(=C\c2cc(C)n(-c3ccc(C)cc3)c2C)C1=O. The minimum absolute atomic E-state index is 0.176. The zero-order valence-corrected chi connectivity index (χ0v) is 15.8. The van der Waals surface area contributed by atoms with Gasteiger partial charge in [-0.05, 0) is 68.8 Å². The van der Waals surface area contributed by atoms with Crippen LogP contribution in [0.1, 0.15) is 35.9 Å². The van der Waals surface area contributed by atoms with E-state index >= 15 is 0 Å². The van der Waals surface area contributed by atoms with Crippen molar-refractivity contribution >= 4 is 29.0 Å². The van der Waals surface area contributed by atoms with Gasteiger partial charge in [-0.3, -0.25) is 14.5 Å². The van der Waals surface area contributed by atoms with Gasteiger partial charge in [0.25, 0.3) is 11.1 Å². The van der Waals surface area contributed by atoms with Crippen LogP contribution in [0.3, 0.4) is 0 Å². The van der Waals surface area contributed by atoms with E-state index in [-0.39, 0.29) is 11.1 Å². The summed E-state index contributed by atoms with van der Waals surface area (Å²) in [5.74, 6) is -0.183. The van der Waals surface area contributed by atoms with Crippen LogP contribution < -0.4 is 0 Å². The smallest absolute Gasteiger partial charge is 0.293 e. The second-order valence-electron chi connectivity index (χ2n) is 6.33. The van der Waals surface area contributed by atoms with E-state index in [4.69, 9.17) is 0 Å². The second-order valence-corrected chi connectivity index (χ2v) is 7.32. The molecule has 0 bridgehead atoms. The second kappa shape index (κ2) is 6.92. The molecule has 2 amide bonds. The molecule has 1 aromatic carbocycles. The summed E-state index contributed by atoms with van der Waals surface area (Å²) in [6, 6.07) is 10.4. The average Bonchev–Trinajstić information content (AvgIpc) is 3.00. The first kappa shape index (κ1) is 17.5. The summed E-state index contributed by atoms with van der Waals surface area (Å²) in [5.41, 5.74) is 5.44. The summed E-state index contributed by atoms with van der Waals surface area (Å²) in [6.07, 6.45) is 2.61. The van der Waals surface area contributed by atoms with Crippen molar-refractivity contribution < 1.29 is 9.59 Å². The summed E-state index contributed by atoms with van der Waals surface area (Å²) in [5, 5.41) is -0.176. The van der Waals surface area contributed by atoms with E-state index in [1.807, 2.05) is 26.8 Å². The van der Waals surface area contributed by atoms with Crippen molar-refractivity contribution in [3.8, 4) is 5.69 Å². The fraction of sp³-hybridized carbons (Fsp3) is 0.300. The lowest BCUT2D eigenvalue weighted by atomic mass is 10.2. The highest BCUT2D eigenvalue weighted by Gasteiger charge is 2.34. The molecule has 1 saturated heterocycles. The van der Waals surface area contributed by atoms with Crippen LogP contribution in [0, 0.1) is 20.8 Å². The number of thioether (sulfide) groups is 1. The number of amides is 2. The van der Waals surface area contributed by atoms with Gasteiger partial charge in [0, 0.05) is 23.6 Å². The van der Waals surface area contributed by atoms with Crippen molar-refractivity contribution in [3.63, 3.8) is 0 Å². The minimum Gasteiger partial charge on any atom is -0.318 e. The number of hydrogen-bond acceptors (Lipinski definition) is 3. The number of benzene rings is 1. The number of aryl methyl sites for hydroxylation is 2. The molecular formula is C20H22N2O2S. The quantitative estimate of drug-likeness (QED) is 0.737. The summed E-state index contributed by atoms with van der Waals surface area (Å²) in [7, 11) is 0. The fourth-order valence-corrected chi connectivity index (χ4v) is 3.94. The number of hydrogen-bond donors (Lipinski definition) is 0. The van der Waals surface area contributed by atoms with Crippen LogP contribution in [0.15, 0.2) is 35.2 Å². The predicted octanol–water partition coefficient (Wildman–Crippen LogP) is 4.85. The molecule has 0 saturated carbocycles. The van der Waals surface area contributed by atoms with Crippen LogP contribution in [0.4, 0.5) is 4.79 Å². The van der Waals surface area contributed by atoms with Gasteiger partial charge in [0.15, 0.2) is 0 Å². The first-order valence-corrected chi connectivity index (χ1v) is 9.25. The molecule has 1 fully saturated rings. The molecule has 25 heavy (non-hydrogen) atoms. The maximum absolute atomic E-state index is 12.4. The van der Waals surface area contributed by atoms with Crippen LogP contribution in [-0.2, 0) is 4.79 Å². The summed E-state index contributed by atoms with van der Waals surface area (Å²) in [4.78, 5) is 26.3. The molecule has 5 heteroatoms. The highest BCUT2D eigenvalue weighted by molar-refractivity contribution is 8.18. The van der Waals surface area contributed by atoms with E-state index < -0.39 is 0 Å². The van der Waals surface area contributed by atoms with E-state index in [1.165, 1.54) is 10.5 Å². The third kappa shape index (κ3) is 3.29. The molecule has 0 unspecified atom stereocenters. The lowest BCUT2D eigenvalue weighted by molar-refractivity contribution is -0.122. The molecule has 2 aromatic rings. The number of rotatable bonds is 4. The molecule has 0 radical (unpaired) electrons. The van der Waals surface area contributed by atoms with E-state index in [1.54, 1.807) is 0 Å². The summed E-state index contributed by atoms with van der Waals surface area (Å²) >= 11 is 1.03. The molecule has 1 aliphatic rings. The van der Waals surface area contributed by atoms with E-state index in [2.05, 4.69) is 41.8 Å². The zero-order valence-electron chi connectivity index (χ0n) is 15.0. The van der Waals surface area contributed by atoms with Gasteiger partial charge in [-0.2, -0.15) is 0 Å². The first-order valence-electron chi connectivity index (χ1n) is 8.43. The van der Waals surface area contributed by atoms with Crippen molar-refractivity contribution in [3.05, 3.63) is 57.8 Å². The van der Waals surface area contributed by atoms with Crippen LogP contribution in [-0.4, -0.2) is 27.2 Å². The standard InChI is InChI=1S/C20H22N2O2S/c1-5-10-21-19(23)18(25-20(21)24)12-16-11-14(3)22(15(16)4)17-8-6-13(2)7-9-17/h6-9,11-12H,5,10H2,1-4H3/b18-12-. The Hall–Kier alpha value is -2.27. The Bertz CT molecular complexity index is 863. The normalized spacial score (nSPS) is 16.3. The van der Waals surface area contributed by atoms with Gasteiger partial charge >= 0.3 is 0 Å². The molecule has 2 heterocycles. The van der Waals surface area contributed by atoms with Gasteiger partial charge in [0.05, 0.1) is 4.91 Å². The molecule has 0 atom stereocenters. The first-order chi connectivity index (χ1) is 11.9. The number of imide groups is 1. The molecular weight excluding hydrogens is 332 g/mol. The van der Waals surface area contributed by atoms with Crippen molar-refractivity contribution in [2.24, 2.45) is 0 Å². The maximum atomic E-state index is 12.4. The van der Waals surface area contributed by atoms with E-state index in [0.29, 0.717) is 11.4 Å². The third-order valence-electron chi connectivity index (χ3n) is 4.37. The van der Waals surface area contributed by atoms with Crippen LogP contribution in [0.2, 0.25) is 0 Å². The maximum Gasteiger partial charge on any atom is 0.293 e. The molecule has 0 aliphatic carbocycles. The molecule has 0 spiro atoms. The minimum atomic E-state index is -0.183. The Morgan fingerprint density at radius 2 is 1.76 bits per heavy atom. The van der Waals surface area contributed by atoms with Gasteiger partial charge in [-0.25, -0.2) is 0 Å².